The van der Waals surface area contributed by atoms with Crippen molar-refractivity contribution < 1.29 is 32.4 Å². The van der Waals surface area contributed by atoms with E-state index in [4.69, 9.17) is 4.52 Å². The molecule has 4 aromatic heterocycles. The highest BCUT2D eigenvalue weighted by Gasteiger charge is 2.40. The molecule has 1 aliphatic heterocycles. The van der Waals surface area contributed by atoms with Gasteiger partial charge in [-0.1, -0.05) is 5.16 Å². The number of halogens is 3. The summed E-state index contributed by atoms with van der Waals surface area (Å²) >= 11 is 0. The third kappa shape index (κ3) is 5.20. The molecule has 1 aliphatic rings. The molecule has 5 heterocycles. The lowest BCUT2D eigenvalue weighted by Gasteiger charge is -2.38. The number of rotatable bonds is 6. The first-order chi connectivity index (χ1) is 19.3. The standard InChI is InChI=1S/C25H24F3N9O4/c1-12-5-16(34-41-12)10-36-23(39)20-21(35(4)24(36)40)31-11-37(20)14(3)22(38)33-19-9-29-8-18(32-19)15-6-17(25(26,27)28)13(2)30-7-15/h5-9,11,14,24,40H,10H2,1-4H3,(H,32,33,38)/t14-,24?/m0/s1. The van der Waals surface area contributed by atoms with Crippen molar-refractivity contribution in [2.24, 2.45) is 0 Å². The Hall–Kier alpha value is -4.86. The highest BCUT2D eigenvalue weighted by Crippen LogP contribution is 2.34. The molecule has 41 heavy (non-hydrogen) atoms. The summed E-state index contributed by atoms with van der Waals surface area (Å²) in [4.78, 5) is 45.4. The lowest BCUT2D eigenvalue weighted by molar-refractivity contribution is -0.138. The minimum Gasteiger partial charge on any atom is -0.361 e. The second-order valence-corrected chi connectivity index (χ2v) is 9.45. The van der Waals surface area contributed by atoms with Gasteiger partial charge in [-0.05, 0) is 26.8 Å². The maximum atomic E-state index is 13.5. The normalized spacial score (nSPS) is 16.1. The fourth-order valence-corrected chi connectivity index (χ4v) is 4.37. The molecule has 0 aromatic carbocycles. The average molecular weight is 572 g/mol. The molecule has 2 N–H and O–H groups in total. The second kappa shape index (κ2) is 10.3. The van der Waals surface area contributed by atoms with Gasteiger partial charge in [0, 0.05) is 30.6 Å². The fraction of sp³-hybridized carbons (Fsp3) is 0.320. The number of carbonyl (C=O) groups excluding carboxylic acids is 2. The van der Waals surface area contributed by atoms with Gasteiger partial charge in [0.1, 0.15) is 17.5 Å². The van der Waals surface area contributed by atoms with Gasteiger partial charge in [0.15, 0.2) is 17.3 Å². The SMILES string of the molecule is Cc1cc(CN2C(=O)c3c(ncn3[C@@H](C)C(=O)Nc3cncc(-c4cnc(C)c(C(F)(F)F)c4)n3)N(C)C2O)no1. The summed E-state index contributed by atoms with van der Waals surface area (Å²) in [5.41, 5.74) is -0.467. The van der Waals surface area contributed by atoms with Gasteiger partial charge >= 0.3 is 6.18 Å². The van der Waals surface area contributed by atoms with Crippen LogP contribution in [0.3, 0.4) is 0 Å². The zero-order valence-electron chi connectivity index (χ0n) is 22.2. The van der Waals surface area contributed by atoms with Gasteiger partial charge in [0.2, 0.25) is 12.3 Å². The lowest BCUT2D eigenvalue weighted by Crippen LogP contribution is -2.54. The molecule has 0 radical (unpaired) electrons. The minimum absolute atomic E-state index is 0.0237. The summed E-state index contributed by atoms with van der Waals surface area (Å²) in [6.45, 7) is 4.42. The maximum Gasteiger partial charge on any atom is 0.418 e. The number of hydrogen-bond donors (Lipinski definition) is 2. The number of nitrogens with one attached hydrogen (secondary N) is 1. The van der Waals surface area contributed by atoms with E-state index in [1.54, 1.807) is 20.0 Å². The Kier molecular flexibility index (Phi) is 6.94. The number of anilines is 2. The van der Waals surface area contributed by atoms with E-state index in [1.807, 2.05) is 0 Å². The molecule has 1 unspecified atom stereocenters. The van der Waals surface area contributed by atoms with E-state index in [2.05, 4.69) is 30.4 Å². The molecule has 0 saturated heterocycles. The molecule has 0 aliphatic carbocycles. The number of alkyl halides is 3. The van der Waals surface area contributed by atoms with Crippen LogP contribution in [0, 0.1) is 13.8 Å². The van der Waals surface area contributed by atoms with E-state index in [9.17, 15) is 27.9 Å². The number of fused-ring (bicyclic) bond motifs is 1. The highest BCUT2D eigenvalue weighted by molar-refractivity contribution is 6.01. The van der Waals surface area contributed by atoms with Gasteiger partial charge in [-0.15, -0.1) is 0 Å². The third-order valence-corrected chi connectivity index (χ3v) is 6.58. The number of aliphatic hydroxyl groups is 1. The molecule has 2 atom stereocenters. The Bertz CT molecular complexity index is 1630. The first kappa shape index (κ1) is 27.7. The van der Waals surface area contributed by atoms with Crippen molar-refractivity contribution in [2.75, 3.05) is 17.3 Å². The summed E-state index contributed by atoms with van der Waals surface area (Å²) < 4.78 is 46.5. The Labute approximate surface area is 230 Å². The number of aliphatic hydroxyl groups excluding tert-OH is 1. The molecule has 13 nitrogen and oxygen atoms in total. The molecule has 0 spiro atoms. The van der Waals surface area contributed by atoms with E-state index in [0.717, 1.165) is 11.0 Å². The Balaban J connectivity index is 1.38. The van der Waals surface area contributed by atoms with E-state index < -0.39 is 35.9 Å². The molecule has 16 heteroatoms. The van der Waals surface area contributed by atoms with Crippen LogP contribution in [-0.4, -0.2) is 64.9 Å². The molecule has 0 saturated carbocycles. The van der Waals surface area contributed by atoms with E-state index in [0.29, 0.717) is 11.5 Å². The van der Waals surface area contributed by atoms with Crippen molar-refractivity contribution in [2.45, 2.75) is 45.9 Å². The molecular formula is C25H24F3N9O4. The largest absolute Gasteiger partial charge is 0.418 e. The Morgan fingerprint density at radius 2 is 1.95 bits per heavy atom. The predicted octanol–water partition coefficient (Wildman–Crippen LogP) is 2.93. The van der Waals surface area contributed by atoms with Crippen LogP contribution in [0.1, 0.15) is 46.2 Å². The topological polar surface area (TPSA) is 155 Å². The van der Waals surface area contributed by atoms with Crippen LogP contribution >= 0.6 is 0 Å². The van der Waals surface area contributed by atoms with Crippen molar-refractivity contribution >= 4 is 23.5 Å². The van der Waals surface area contributed by atoms with Crippen molar-refractivity contribution in [3.05, 3.63) is 65.5 Å². The van der Waals surface area contributed by atoms with E-state index in [-0.39, 0.29) is 40.8 Å². The maximum absolute atomic E-state index is 13.5. The average Bonchev–Trinajstić information content (AvgIpc) is 3.55. The van der Waals surface area contributed by atoms with Crippen LogP contribution in [0.5, 0.6) is 0 Å². The quantitative estimate of drug-likeness (QED) is 0.353. The smallest absolute Gasteiger partial charge is 0.361 e. The van der Waals surface area contributed by atoms with Gasteiger partial charge in [0.25, 0.3) is 5.91 Å². The van der Waals surface area contributed by atoms with Crippen LogP contribution in [0.2, 0.25) is 0 Å². The number of amides is 2. The monoisotopic (exact) mass is 571 g/mol. The number of imidazole rings is 1. The Morgan fingerprint density at radius 3 is 2.63 bits per heavy atom. The number of carbonyl (C=O) groups is 2. The zero-order chi connectivity index (χ0) is 29.6. The van der Waals surface area contributed by atoms with Crippen LogP contribution in [-0.2, 0) is 17.5 Å². The number of aryl methyl sites for hydroxylation is 2. The molecule has 2 amide bonds. The zero-order valence-corrected chi connectivity index (χ0v) is 22.2. The van der Waals surface area contributed by atoms with Gasteiger partial charge in [-0.2, -0.15) is 13.2 Å². The fourth-order valence-electron chi connectivity index (χ4n) is 4.37. The van der Waals surface area contributed by atoms with Crippen molar-refractivity contribution in [1.29, 1.82) is 0 Å². The summed E-state index contributed by atoms with van der Waals surface area (Å²) in [5.74, 6) is -0.504. The van der Waals surface area contributed by atoms with Crippen LogP contribution in [0.4, 0.5) is 24.8 Å². The molecule has 0 bridgehead atoms. The molecule has 5 rings (SSSR count). The summed E-state index contributed by atoms with van der Waals surface area (Å²) in [5, 5.41) is 17.2. The number of aromatic nitrogens is 6. The first-order valence-corrected chi connectivity index (χ1v) is 12.2. The van der Waals surface area contributed by atoms with Crippen LogP contribution < -0.4 is 10.2 Å². The minimum atomic E-state index is -4.60. The first-order valence-electron chi connectivity index (χ1n) is 12.2. The van der Waals surface area contributed by atoms with Gasteiger partial charge in [-0.3, -0.25) is 24.5 Å². The lowest BCUT2D eigenvalue weighted by atomic mass is 10.1. The highest BCUT2D eigenvalue weighted by atomic mass is 19.4. The number of nitrogens with zero attached hydrogens (tertiary/aromatic N) is 8. The Morgan fingerprint density at radius 1 is 1.20 bits per heavy atom. The van der Waals surface area contributed by atoms with Gasteiger partial charge in [-0.25, -0.2) is 9.97 Å². The molecule has 214 valence electrons. The van der Waals surface area contributed by atoms with Crippen molar-refractivity contribution in [1.82, 2.24) is 34.6 Å². The number of pyridine rings is 1. The molecule has 4 aromatic rings. The van der Waals surface area contributed by atoms with Crippen LogP contribution in [0.15, 0.2) is 41.6 Å². The van der Waals surface area contributed by atoms with Crippen molar-refractivity contribution in [3.8, 4) is 11.3 Å². The van der Waals surface area contributed by atoms with E-state index in [1.165, 1.54) is 48.2 Å². The van der Waals surface area contributed by atoms with Gasteiger partial charge in [0.05, 0.1) is 36.5 Å². The van der Waals surface area contributed by atoms with Crippen molar-refractivity contribution in [3.63, 3.8) is 0 Å². The van der Waals surface area contributed by atoms with Crippen LogP contribution in [0.25, 0.3) is 11.3 Å². The third-order valence-electron chi connectivity index (χ3n) is 6.58. The second-order valence-electron chi connectivity index (χ2n) is 9.45. The number of hydrogen-bond acceptors (Lipinski definition) is 10. The van der Waals surface area contributed by atoms with E-state index >= 15 is 0 Å². The summed E-state index contributed by atoms with van der Waals surface area (Å²) in [6.07, 6.45) is -0.909. The molecular weight excluding hydrogens is 547 g/mol. The van der Waals surface area contributed by atoms with Gasteiger partial charge < -0.3 is 24.4 Å². The molecule has 0 fully saturated rings. The summed E-state index contributed by atoms with van der Waals surface area (Å²) in [7, 11) is 1.55. The summed E-state index contributed by atoms with van der Waals surface area (Å²) in [6, 6.07) is 1.56. The predicted molar refractivity (Wildman–Crippen MR) is 136 cm³/mol.